The molecule has 2 atom stereocenters. The fourth-order valence-electron chi connectivity index (χ4n) is 5.69. The van der Waals surface area contributed by atoms with Crippen molar-refractivity contribution in [3.63, 3.8) is 0 Å². The molecule has 0 N–H and O–H groups in total. The van der Waals surface area contributed by atoms with Crippen LogP contribution >= 0.6 is 0 Å². The molecular weight excluding hydrogens is 459 g/mol. The molecular formula is C29H33FN2O2S. The summed E-state index contributed by atoms with van der Waals surface area (Å²) in [5, 5.41) is 0. The summed E-state index contributed by atoms with van der Waals surface area (Å²) >= 11 is 0. The van der Waals surface area contributed by atoms with E-state index in [0.29, 0.717) is 23.9 Å². The molecule has 0 amide bonds. The predicted molar refractivity (Wildman–Crippen MR) is 137 cm³/mol. The molecule has 2 aliphatic heterocycles. The Morgan fingerprint density at radius 2 is 1.43 bits per heavy atom. The molecule has 4 nitrogen and oxygen atoms in total. The summed E-state index contributed by atoms with van der Waals surface area (Å²) in [5.74, 6) is 0.651. The van der Waals surface area contributed by atoms with E-state index in [2.05, 4.69) is 35.2 Å². The summed E-state index contributed by atoms with van der Waals surface area (Å²) in [6, 6.07) is 26.0. The standard InChI is InChI=1S/C29H33FN2O2S/c30-27-13-11-25(12-14-27)29-22-32(35(33,34)28-9-5-2-6-10-28)21-26(29)20-31-17-15-24(16-18-31)19-23-7-3-1-4-8-23/h1-14,24,26,29H,15-22H2. The van der Waals surface area contributed by atoms with E-state index < -0.39 is 10.0 Å². The molecule has 2 unspecified atom stereocenters. The number of nitrogens with zero attached hydrogens (tertiary/aromatic N) is 2. The number of hydrogen-bond donors (Lipinski definition) is 0. The van der Waals surface area contributed by atoms with Gasteiger partial charge in [-0.3, -0.25) is 0 Å². The molecule has 3 aromatic rings. The lowest BCUT2D eigenvalue weighted by Crippen LogP contribution is -2.39. The molecule has 0 aliphatic carbocycles. The van der Waals surface area contributed by atoms with Crippen LogP contribution in [0.3, 0.4) is 0 Å². The minimum atomic E-state index is -3.56. The van der Waals surface area contributed by atoms with Crippen molar-refractivity contribution < 1.29 is 12.8 Å². The lowest BCUT2D eigenvalue weighted by molar-refractivity contribution is 0.158. The Labute approximate surface area is 208 Å². The molecule has 2 fully saturated rings. The molecule has 0 spiro atoms. The average molecular weight is 493 g/mol. The largest absolute Gasteiger partial charge is 0.303 e. The molecule has 0 aromatic heterocycles. The van der Waals surface area contributed by atoms with Gasteiger partial charge in [0.05, 0.1) is 4.90 Å². The SMILES string of the molecule is O=S(=O)(c1ccccc1)N1CC(CN2CCC(Cc3ccccc3)CC2)C(c2ccc(F)cc2)C1. The Kier molecular flexibility index (Phi) is 7.32. The number of hydrogen-bond acceptors (Lipinski definition) is 3. The highest BCUT2D eigenvalue weighted by Gasteiger charge is 2.41. The maximum Gasteiger partial charge on any atom is 0.243 e. The van der Waals surface area contributed by atoms with Crippen molar-refractivity contribution in [1.82, 2.24) is 9.21 Å². The quantitative estimate of drug-likeness (QED) is 0.456. The van der Waals surface area contributed by atoms with Gasteiger partial charge in [0.1, 0.15) is 5.82 Å². The molecule has 6 heteroatoms. The van der Waals surface area contributed by atoms with Crippen molar-refractivity contribution in [3.05, 3.63) is 102 Å². The molecule has 5 rings (SSSR count). The van der Waals surface area contributed by atoms with Gasteiger partial charge in [-0.05, 0) is 79.6 Å². The fourth-order valence-corrected chi connectivity index (χ4v) is 7.24. The van der Waals surface area contributed by atoms with Crippen LogP contribution in [0.4, 0.5) is 4.39 Å². The third-order valence-electron chi connectivity index (χ3n) is 7.65. The van der Waals surface area contributed by atoms with Gasteiger partial charge in [-0.25, -0.2) is 12.8 Å². The highest BCUT2D eigenvalue weighted by molar-refractivity contribution is 7.89. The van der Waals surface area contributed by atoms with Crippen molar-refractivity contribution in [3.8, 4) is 0 Å². The number of rotatable bonds is 7. The fraction of sp³-hybridized carbons (Fsp3) is 0.379. The maximum atomic E-state index is 13.6. The summed E-state index contributed by atoms with van der Waals surface area (Å²) in [6.07, 6.45) is 3.45. The molecule has 3 aromatic carbocycles. The molecule has 0 saturated carbocycles. The second-order valence-corrected chi connectivity index (χ2v) is 11.9. The van der Waals surface area contributed by atoms with Gasteiger partial charge in [0.25, 0.3) is 0 Å². The van der Waals surface area contributed by atoms with E-state index in [1.54, 1.807) is 28.6 Å². The van der Waals surface area contributed by atoms with Crippen LogP contribution in [-0.4, -0.2) is 50.3 Å². The second kappa shape index (κ2) is 10.6. The third kappa shape index (κ3) is 5.66. The zero-order valence-corrected chi connectivity index (χ0v) is 20.8. The Bertz CT molecular complexity index is 1190. The highest BCUT2D eigenvalue weighted by Crippen LogP contribution is 2.37. The summed E-state index contributed by atoms with van der Waals surface area (Å²) in [5.41, 5.74) is 2.42. The van der Waals surface area contributed by atoms with Gasteiger partial charge in [0.15, 0.2) is 0 Å². The molecule has 2 saturated heterocycles. The van der Waals surface area contributed by atoms with Crippen LogP contribution < -0.4 is 0 Å². The van der Waals surface area contributed by atoms with Gasteiger partial charge in [0.2, 0.25) is 10.0 Å². The topological polar surface area (TPSA) is 40.6 Å². The first-order valence-corrected chi connectivity index (χ1v) is 14.0. The molecule has 0 radical (unpaired) electrons. The van der Waals surface area contributed by atoms with E-state index >= 15 is 0 Å². The first-order valence-electron chi connectivity index (χ1n) is 12.6. The van der Waals surface area contributed by atoms with Crippen LogP contribution in [0.25, 0.3) is 0 Å². The predicted octanol–water partition coefficient (Wildman–Crippen LogP) is 5.18. The van der Waals surface area contributed by atoms with Gasteiger partial charge in [0, 0.05) is 25.6 Å². The van der Waals surface area contributed by atoms with Crippen LogP contribution in [0.1, 0.15) is 29.9 Å². The lowest BCUT2D eigenvalue weighted by Gasteiger charge is -2.34. The van der Waals surface area contributed by atoms with Crippen molar-refractivity contribution in [2.45, 2.75) is 30.1 Å². The smallest absolute Gasteiger partial charge is 0.243 e. The summed E-state index contributed by atoms with van der Waals surface area (Å²) in [4.78, 5) is 2.83. The number of likely N-dealkylation sites (tertiary alicyclic amines) is 1. The molecule has 2 aliphatic rings. The number of halogens is 1. The van der Waals surface area contributed by atoms with Gasteiger partial charge in [-0.2, -0.15) is 4.31 Å². The Balaban J connectivity index is 1.28. The van der Waals surface area contributed by atoms with E-state index in [4.69, 9.17) is 0 Å². The first kappa shape index (κ1) is 24.2. The van der Waals surface area contributed by atoms with E-state index in [9.17, 15) is 12.8 Å². The van der Waals surface area contributed by atoms with Crippen LogP contribution in [0.2, 0.25) is 0 Å². The molecule has 35 heavy (non-hydrogen) atoms. The lowest BCUT2D eigenvalue weighted by atomic mass is 9.86. The van der Waals surface area contributed by atoms with E-state index in [1.807, 2.05) is 18.2 Å². The van der Waals surface area contributed by atoms with Gasteiger partial charge in [-0.15, -0.1) is 0 Å². The molecule has 184 valence electrons. The third-order valence-corrected chi connectivity index (χ3v) is 9.50. The van der Waals surface area contributed by atoms with E-state index in [1.165, 1.54) is 17.7 Å². The molecule has 0 bridgehead atoms. The van der Waals surface area contributed by atoms with Crippen LogP contribution in [0, 0.1) is 17.7 Å². The average Bonchev–Trinajstić information content (AvgIpc) is 3.31. The number of sulfonamides is 1. The minimum absolute atomic E-state index is 0.0520. The summed E-state index contributed by atoms with van der Waals surface area (Å²) < 4.78 is 42.0. The minimum Gasteiger partial charge on any atom is -0.303 e. The van der Waals surface area contributed by atoms with E-state index in [-0.39, 0.29) is 17.7 Å². The van der Waals surface area contributed by atoms with Crippen molar-refractivity contribution in [2.24, 2.45) is 11.8 Å². The second-order valence-electron chi connectivity index (χ2n) is 9.99. The number of piperidine rings is 1. The normalized spacial score (nSPS) is 22.4. The Morgan fingerprint density at radius 3 is 2.09 bits per heavy atom. The zero-order chi connectivity index (χ0) is 24.3. The van der Waals surface area contributed by atoms with Crippen LogP contribution in [0.15, 0.2) is 89.8 Å². The van der Waals surface area contributed by atoms with E-state index in [0.717, 1.165) is 44.5 Å². The first-order chi connectivity index (χ1) is 17.0. The Hall–Kier alpha value is -2.54. The monoisotopic (exact) mass is 492 g/mol. The van der Waals surface area contributed by atoms with Crippen molar-refractivity contribution in [2.75, 3.05) is 32.7 Å². The summed E-state index contributed by atoms with van der Waals surface area (Å²) in [7, 11) is -3.56. The number of benzene rings is 3. The van der Waals surface area contributed by atoms with Gasteiger partial charge < -0.3 is 4.90 Å². The molecule has 2 heterocycles. The zero-order valence-electron chi connectivity index (χ0n) is 20.0. The summed E-state index contributed by atoms with van der Waals surface area (Å²) in [6.45, 7) is 3.85. The maximum absolute atomic E-state index is 13.6. The van der Waals surface area contributed by atoms with Gasteiger partial charge in [-0.1, -0.05) is 60.7 Å². The Morgan fingerprint density at radius 1 is 0.800 bits per heavy atom. The van der Waals surface area contributed by atoms with Crippen molar-refractivity contribution >= 4 is 10.0 Å². The van der Waals surface area contributed by atoms with Crippen LogP contribution in [-0.2, 0) is 16.4 Å². The van der Waals surface area contributed by atoms with Crippen LogP contribution in [0.5, 0.6) is 0 Å². The van der Waals surface area contributed by atoms with Crippen molar-refractivity contribution in [1.29, 1.82) is 0 Å². The highest BCUT2D eigenvalue weighted by atomic mass is 32.2. The van der Waals surface area contributed by atoms with Gasteiger partial charge >= 0.3 is 0 Å².